The second-order valence-corrected chi connectivity index (χ2v) is 6.76. The number of benzene rings is 2. The summed E-state index contributed by atoms with van der Waals surface area (Å²) >= 11 is 9.80. The Morgan fingerprint density at radius 2 is 1.80 bits per heavy atom. The summed E-state index contributed by atoms with van der Waals surface area (Å²) < 4.78 is 7.41. The van der Waals surface area contributed by atoms with Crippen LogP contribution in [-0.4, -0.2) is 5.97 Å². The van der Waals surface area contributed by atoms with Crippen LogP contribution in [0.2, 0.25) is 5.02 Å². The van der Waals surface area contributed by atoms with Crippen molar-refractivity contribution in [2.75, 3.05) is 0 Å². The van der Waals surface area contributed by atoms with E-state index >= 15 is 0 Å². The summed E-state index contributed by atoms with van der Waals surface area (Å²) in [6, 6.07) is 15.0. The van der Waals surface area contributed by atoms with Gasteiger partial charge in [0.25, 0.3) is 0 Å². The predicted molar refractivity (Wildman–Crippen MR) is 91.0 cm³/mol. The maximum absolute atomic E-state index is 12.2. The van der Waals surface area contributed by atoms with Gasteiger partial charge in [-0.15, -0.1) is 11.3 Å². The molecule has 0 atom stereocenters. The van der Waals surface area contributed by atoms with E-state index in [0.717, 1.165) is 13.7 Å². The highest BCUT2D eigenvalue weighted by atomic mass is 127. The molecule has 0 bridgehead atoms. The van der Waals surface area contributed by atoms with Crippen LogP contribution in [-0.2, 0) is 0 Å². The Morgan fingerprint density at radius 3 is 2.50 bits per heavy atom. The highest BCUT2D eigenvalue weighted by Gasteiger charge is 2.18. The first kappa shape index (κ1) is 13.9. The zero-order chi connectivity index (χ0) is 14.1. The molecule has 0 aliphatic carbocycles. The number of esters is 1. The van der Waals surface area contributed by atoms with Gasteiger partial charge >= 0.3 is 5.97 Å². The topological polar surface area (TPSA) is 26.3 Å². The van der Waals surface area contributed by atoms with Crippen LogP contribution >= 0.6 is 45.5 Å². The summed E-state index contributed by atoms with van der Waals surface area (Å²) in [6.45, 7) is 0. The van der Waals surface area contributed by atoms with E-state index in [2.05, 4.69) is 22.6 Å². The van der Waals surface area contributed by atoms with E-state index < -0.39 is 5.97 Å². The van der Waals surface area contributed by atoms with Crippen molar-refractivity contribution in [1.29, 1.82) is 0 Å². The van der Waals surface area contributed by atoms with Crippen molar-refractivity contribution in [3.63, 3.8) is 0 Å². The van der Waals surface area contributed by atoms with Gasteiger partial charge in [0.2, 0.25) is 0 Å². The molecule has 0 fully saturated rings. The summed E-state index contributed by atoms with van der Waals surface area (Å²) in [7, 11) is 0. The van der Waals surface area contributed by atoms with Crippen LogP contribution in [0.1, 0.15) is 9.67 Å². The predicted octanol–water partition coefficient (Wildman–Crippen LogP) is 5.38. The lowest BCUT2D eigenvalue weighted by atomic mass is 10.2. The van der Waals surface area contributed by atoms with E-state index in [9.17, 15) is 4.79 Å². The lowest BCUT2D eigenvalue weighted by molar-refractivity contribution is 0.0740. The maximum Gasteiger partial charge on any atom is 0.355 e. The van der Waals surface area contributed by atoms with Crippen molar-refractivity contribution in [2.24, 2.45) is 0 Å². The van der Waals surface area contributed by atoms with Crippen molar-refractivity contribution in [2.45, 2.75) is 0 Å². The second-order valence-electron chi connectivity index (χ2n) is 4.08. The van der Waals surface area contributed by atoms with E-state index in [4.69, 9.17) is 16.3 Å². The molecule has 0 saturated carbocycles. The number of hydrogen-bond acceptors (Lipinski definition) is 3. The summed E-state index contributed by atoms with van der Waals surface area (Å²) in [4.78, 5) is 12.6. The quantitative estimate of drug-likeness (QED) is 0.320. The van der Waals surface area contributed by atoms with Crippen molar-refractivity contribution >= 4 is 61.6 Å². The first-order chi connectivity index (χ1) is 9.65. The van der Waals surface area contributed by atoms with E-state index in [1.807, 2.05) is 36.4 Å². The monoisotopic (exact) mass is 414 g/mol. The molecule has 0 amide bonds. The molecule has 3 rings (SSSR count). The van der Waals surface area contributed by atoms with Gasteiger partial charge in [0.05, 0.1) is 5.02 Å². The van der Waals surface area contributed by atoms with E-state index in [0.29, 0.717) is 15.6 Å². The van der Waals surface area contributed by atoms with Gasteiger partial charge in [-0.05, 0) is 52.9 Å². The zero-order valence-electron chi connectivity index (χ0n) is 10.1. The molecule has 0 saturated heterocycles. The third-order valence-electron chi connectivity index (χ3n) is 2.74. The molecule has 0 radical (unpaired) electrons. The Labute approximate surface area is 138 Å². The Balaban J connectivity index is 1.92. The normalized spacial score (nSPS) is 10.7. The summed E-state index contributed by atoms with van der Waals surface area (Å²) in [5.74, 6) is 0.0985. The average molecular weight is 415 g/mol. The zero-order valence-corrected chi connectivity index (χ0v) is 13.8. The minimum atomic E-state index is -0.419. The molecule has 100 valence electrons. The first-order valence-electron chi connectivity index (χ1n) is 5.80. The fraction of sp³-hybridized carbons (Fsp3) is 0. The first-order valence-corrected chi connectivity index (χ1v) is 8.07. The Morgan fingerprint density at radius 1 is 1.10 bits per heavy atom. The highest BCUT2D eigenvalue weighted by Crippen LogP contribution is 2.35. The van der Waals surface area contributed by atoms with Crippen LogP contribution in [0.25, 0.3) is 10.1 Å². The van der Waals surface area contributed by atoms with Crippen LogP contribution in [0.4, 0.5) is 0 Å². The molecule has 20 heavy (non-hydrogen) atoms. The lowest BCUT2D eigenvalue weighted by Gasteiger charge is -2.02. The molecule has 2 aromatic carbocycles. The molecule has 5 heteroatoms. The molecule has 3 aromatic rings. The van der Waals surface area contributed by atoms with Gasteiger partial charge < -0.3 is 4.74 Å². The van der Waals surface area contributed by atoms with Crippen LogP contribution in [0.3, 0.4) is 0 Å². The Kier molecular flexibility index (Phi) is 3.96. The van der Waals surface area contributed by atoms with E-state index in [-0.39, 0.29) is 0 Å². The molecule has 0 aliphatic rings. The molecule has 1 heterocycles. The SMILES string of the molecule is O=C(Oc1ccc(I)cc1)c1sc2ccccc2c1Cl. The third kappa shape index (κ3) is 2.68. The fourth-order valence-corrected chi connectivity index (χ4v) is 3.55. The van der Waals surface area contributed by atoms with Crippen molar-refractivity contribution in [3.05, 3.63) is 62.0 Å². The Bertz CT molecular complexity index is 780. The van der Waals surface area contributed by atoms with Gasteiger partial charge in [0, 0.05) is 13.7 Å². The average Bonchev–Trinajstić information content (AvgIpc) is 2.79. The molecule has 0 N–H and O–H groups in total. The summed E-state index contributed by atoms with van der Waals surface area (Å²) in [6.07, 6.45) is 0. The number of rotatable bonds is 2. The molecule has 0 spiro atoms. The van der Waals surface area contributed by atoms with Gasteiger partial charge in [0.15, 0.2) is 0 Å². The molecule has 1 aromatic heterocycles. The van der Waals surface area contributed by atoms with Gasteiger partial charge in [-0.25, -0.2) is 4.79 Å². The van der Waals surface area contributed by atoms with Crippen LogP contribution < -0.4 is 4.74 Å². The number of carbonyl (C=O) groups excluding carboxylic acids is 1. The van der Waals surface area contributed by atoms with Gasteiger partial charge in [0.1, 0.15) is 10.6 Å². The molecular formula is C15H8ClIO2S. The van der Waals surface area contributed by atoms with Crippen LogP contribution in [0, 0.1) is 3.57 Å². The number of fused-ring (bicyclic) bond motifs is 1. The summed E-state index contributed by atoms with van der Waals surface area (Å²) in [5.41, 5.74) is 0. The molecule has 0 unspecified atom stereocenters. The fourth-order valence-electron chi connectivity index (χ4n) is 1.80. The highest BCUT2D eigenvalue weighted by molar-refractivity contribution is 14.1. The van der Waals surface area contributed by atoms with E-state index in [1.165, 1.54) is 11.3 Å². The smallest absolute Gasteiger partial charge is 0.355 e. The standard InChI is InChI=1S/C15H8ClIO2S/c16-13-11-3-1-2-4-12(11)20-14(13)15(18)19-10-7-5-9(17)6-8-10/h1-8H. The van der Waals surface area contributed by atoms with Gasteiger partial charge in [-0.3, -0.25) is 0 Å². The van der Waals surface area contributed by atoms with Gasteiger partial charge in [-0.2, -0.15) is 0 Å². The third-order valence-corrected chi connectivity index (χ3v) is 5.12. The summed E-state index contributed by atoms with van der Waals surface area (Å²) in [5, 5.41) is 1.34. The molecule has 2 nitrogen and oxygen atoms in total. The van der Waals surface area contributed by atoms with Gasteiger partial charge in [-0.1, -0.05) is 29.8 Å². The number of carbonyl (C=O) groups is 1. The van der Waals surface area contributed by atoms with Crippen molar-refractivity contribution in [3.8, 4) is 5.75 Å². The van der Waals surface area contributed by atoms with E-state index in [1.54, 1.807) is 12.1 Å². The van der Waals surface area contributed by atoms with Crippen molar-refractivity contribution in [1.82, 2.24) is 0 Å². The number of ether oxygens (including phenoxy) is 1. The molecule has 0 aliphatic heterocycles. The largest absolute Gasteiger partial charge is 0.422 e. The van der Waals surface area contributed by atoms with Crippen LogP contribution in [0.15, 0.2) is 48.5 Å². The minimum Gasteiger partial charge on any atom is -0.422 e. The lowest BCUT2D eigenvalue weighted by Crippen LogP contribution is -2.06. The minimum absolute atomic E-state index is 0.419. The van der Waals surface area contributed by atoms with Crippen molar-refractivity contribution < 1.29 is 9.53 Å². The number of halogens is 2. The Hall–Kier alpha value is -1.11. The number of thiophene rings is 1. The van der Waals surface area contributed by atoms with Crippen LogP contribution in [0.5, 0.6) is 5.75 Å². The molecular weight excluding hydrogens is 407 g/mol. The maximum atomic E-state index is 12.2. The second kappa shape index (κ2) is 5.71. The number of hydrogen-bond donors (Lipinski definition) is 0.